The molecular weight excluding hydrogens is 246 g/mol. The van der Waals surface area contributed by atoms with E-state index < -0.39 is 0 Å². The van der Waals surface area contributed by atoms with E-state index >= 15 is 0 Å². The first-order chi connectivity index (χ1) is 8.60. The van der Waals surface area contributed by atoms with Crippen LogP contribution in [0.15, 0.2) is 6.20 Å². The zero-order chi connectivity index (χ0) is 13.5. The summed E-state index contributed by atoms with van der Waals surface area (Å²) < 4.78 is 7.29. The van der Waals surface area contributed by atoms with Crippen molar-refractivity contribution in [3.05, 3.63) is 11.9 Å². The molecule has 1 atom stereocenters. The van der Waals surface area contributed by atoms with Crippen LogP contribution in [0.5, 0.6) is 5.75 Å². The Bertz CT molecular complexity index is 352. The maximum Gasteiger partial charge on any atom is 0.161 e. The summed E-state index contributed by atoms with van der Waals surface area (Å²) in [7, 11) is 3.67. The molecule has 104 valence electrons. The standard InChI is InChI=1S/C13H25N3OS/c1-6-14-11(9-18-8-10(2)3)13-12(17-5)7-15-16(13)4/h7,10-11,14H,6,8-9H2,1-5H3. The Balaban J connectivity index is 2.73. The summed E-state index contributed by atoms with van der Waals surface area (Å²) in [5.41, 5.74) is 1.13. The van der Waals surface area contributed by atoms with Gasteiger partial charge in [-0.3, -0.25) is 4.68 Å². The molecule has 0 spiro atoms. The predicted molar refractivity (Wildman–Crippen MR) is 78.3 cm³/mol. The van der Waals surface area contributed by atoms with Crippen molar-refractivity contribution in [1.82, 2.24) is 15.1 Å². The van der Waals surface area contributed by atoms with Gasteiger partial charge in [-0.2, -0.15) is 16.9 Å². The second kappa shape index (κ2) is 7.69. The first-order valence-electron chi connectivity index (χ1n) is 6.47. The first-order valence-corrected chi connectivity index (χ1v) is 7.62. The van der Waals surface area contributed by atoms with Gasteiger partial charge in [-0.15, -0.1) is 0 Å². The summed E-state index contributed by atoms with van der Waals surface area (Å²) in [6, 6.07) is 0.293. The molecule has 0 radical (unpaired) electrons. The van der Waals surface area contributed by atoms with Crippen molar-refractivity contribution in [2.75, 3.05) is 25.2 Å². The van der Waals surface area contributed by atoms with Gasteiger partial charge in [0.1, 0.15) is 0 Å². The zero-order valence-electron chi connectivity index (χ0n) is 12.1. The third-order valence-electron chi connectivity index (χ3n) is 2.69. The SMILES string of the molecule is CCNC(CSCC(C)C)c1c(OC)cnn1C. The summed E-state index contributed by atoms with van der Waals surface area (Å²) in [6.45, 7) is 7.57. The molecule has 1 N–H and O–H groups in total. The lowest BCUT2D eigenvalue weighted by Crippen LogP contribution is -2.26. The minimum absolute atomic E-state index is 0.293. The molecule has 0 aliphatic heterocycles. The van der Waals surface area contributed by atoms with Gasteiger partial charge in [0.2, 0.25) is 0 Å². The van der Waals surface area contributed by atoms with Gasteiger partial charge < -0.3 is 10.1 Å². The summed E-state index contributed by atoms with van der Waals surface area (Å²) in [6.07, 6.45) is 1.78. The van der Waals surface area contributed by atoms with Crippen LogP contribution < -0.4 is 10.1 Å². The van der Waals surface area contributed by atoms with Crippen molar-refractivity contribution < 1.29 is 4.74 Å². The monoisotopic (exact) mass is 271 g/mol. The molecule has 1 unspecified atom stereocenters. The van der Waals surface area contributed by atoms with Gasteiger partial charge in [0.15, 0.2) is 5.75 Å². The summed E-state index contributed by atoms with van der Waals surface area (Å²) in [4.78, 5) is 0. The van der Waals surface area contributed by atoms with Crippen LogP contribution in [0, 0.1) is 5.92 Å². The number of methoxy groups -OCH3 is 1. The molecule has 5 heteroatoms. The van der Waals surface area contributed by atoms with Gasteiger partial charge in [-0.25, -0.2) is 0 Å². The average Bonchev–Trinajstić information content (AvgIpc) is 2.69. The fourth-order valence-electron chi connectivity index (χ4n) is 1.88. The molecule has 1 heterocycles. The fraction of sp³-hybridized carbons (Fsp3) is 0.769. The van der Waals surface area contributed by atoms with Crippen LogP contribution >= 0.6 is 11.8 Å². The lowest BCUT2D eigenvalue weighted by molar-refractivity contribution is 0.399. The molecule has 0 aromatic carbocycles. The number of nitrogens with one attached hydrogen (secondary N) is 1. The highest BCUT2D eigenvalue weighted by molar-refractivity contribution is 7.99. The Hall–Kier alpha value is -0.680. The highest BCUT2D eigenvalue weighted by atomic mass is 32.2. The van der Waals surface area contributed by atoms with Gasteiger partial charge in [0.05, 0.1) is 25.0 Å². The van der Waals surface area contributed by atoms with Crippen LogP contribution in [0.25, 0.3) is 0 Å². The van der Waals surface area contributed by atoms with Gasteiger partial charge in [-0.05, 0) is 18.2 Å². The van der Waals surface area contributed by atoms with Crippen molar-refractivity contribution in [3.8, 4) is 5.75 Å². The van der Waals surface area contributed by atoms with Gasteiger partial charge in [-0.1, -0.05) is 20.8 Å². The van der Waals surface area contributed by atoms with Crippen LogP contribution in [0.1, 0.15) is 32.5 Å². The van der Waals surface area contributed by atoms with Gasteiger partial charge in [0, 0.05) is 12.8 Å². The fourth-order valence-corrected chi connectivity index (χ4v) is 3.00. The van der Waals surface area contributed by atoms with E-state index in [1.807, 2.05) is 23.5 Å². The van der Waals surface area contributed by atoms with Crippen molar-refractivity contribution in [1.29, 1.82) is 0 Å². The minimum Gasteiger partial charge on any atom is -0.493 e. The number of rotatable bonds is 8. The molecule has 0 fully saturated rings. The number of hydrogen-bond donors (Lipinski definition) is 1. The first kappa shape index (κ1) is 15.4. The van der Waals surface area contributed by atoms with Crippen LogP contribution in [0.3, 0.4) is 0 Å². The van der Waals surface area contributed by atoms with Crippen LogP contribution in [0.2, 0.25) is 0 Å². The third-order valence-corrected chi connectivity index (χ3v) is 4.16. The number of aryl methyl sites for hydroxylation is 1. The van der Waals surface area contributed by atoms with E-state index in [-0.39, 0.29) is 0 Å². The largest absolute Gasteiger partial charge is 0.493 e. The number of nitrogens with zero attached hydrogens (tertiary/aromatic N) is 2. The molecule has 0 amide bonds. The highest BCUT2D eigenvalue weighted by Crippen LogP contribution is 2.27. The summed E-state index contributed by atoms with van der Waals surface area (Å²) in [5.74, 6) is 3.82. The van der Waals surface area contributed by atoms with Crippen molar-refractivity contribution in [3.63, 3.8) is 0 Å². The van der Waals surface area contributed by atoms with E-state index in [1.165, 1.54) is 5.75 Å². The molecule has 0 saturated carbocycles. The van der Waals surface area contributed by atoms with Gasteiger partial charge >= 0.3 is 0 Å². The Morgan fingerprint density at radius 1 is 1.44 bits per heavy atom. The van der Waals surface area contributed by atoms with E-state index in [0.29, 0.717) is 6.04 Å². The molecule has 0 aliphatic rings. The third kappa shape index (κ3) is 4.21. The lowest BCUT2D eigenvalue weighted by Gasteiger charge is -2.19. The number of aromatic nitrogens is 2. The Morgan fingerprint density at radius 2 is 2.17 bits per heavy atom. The highest BCUT2D eigenvalue weighted by Gasteiger charge is 2.19. The quantitative estimate of drug-likeness (QED) is 0.788. The lowest BCUT2D eigenvalue weighted by atomic mass is 10.2. The molecule has 4 nitrogen and oxygen atoms in total. The van der Waals surface area contributed by atoms with Crippen LogP contribution in [0.4, 0.5) is 0 Å². The average molecular weight is 271 g/mol. The molecule has 0 aliphatic carbocycles. The van der Waals surface area contributed by atoms with Crippen LogP contribution in [-0.2, 0) is 7.05 Å². The van der Waals surface area contributed by atoms with Crippen LogP contribution in [-0.4, -0.2) is 34.9 Å². The second-order valence-corrected chi connectivity index (χ2v) is 5.84. The maximum atomic E-state index is 5.39. The van der Waals surface area contributed by atoms with E-state index in [0.717, 1.165) is 29.7 Å². The van der Waals surface area contributed by atoms with E-state index in [4.69, 9.17) is 4.74 Å². The summed E-state index contributed by atoms with van der Waals surface area (Å²) in [5, 5.41) is 7.79. The predicted octanol–water partition coefficient (Wildman–Crippen LogP) is 2.47. The number of thioether (sulfide) groups is 1. The maximum absolute atomic E-state index is 5.39. The molecule has 1 aromatic heterocycles. The molecule has 0 bridgehead atoms. The Kier molecular flexibility index (Phi) is 6.57. The van der Waals surface area contributed by atoms with Gasteiger partial charge in [0.25, 0.3) is 0 Å². The summed E-state index contributed by atoms with van der Waals surface area (Å²) >= 11 is 1.98. The second-order valence-electron chi connectivity index (χ2n) is 4.76. The molecule has 1 aromatic rings. The van der Waals surface area contributed by atoms with Crippen molar-refractivity contribution >= 4 is 11.8 Å². The number of hydrogen-bond acceptors (Lipinski definition) is 4. The van der Waals surface area contributed by atoms with Crippen molar-refractivity contribution in [2.45, 2.75) is 26.8 Å². The smallest absolute Gasteiger partial charge is 0.161 e. The normalized spacial score (nSPS) is 13.0. The zero-order valence-corrected chi connectivity index (χ0v) is 12.9. The molecule has 1 rings (SSSR count). The Morgan fingerprint density at radius 3 is 2.72 bits per heavy atom. The molecular formula is C13H25N3OS. The van der Waals surface area contributed by atoms with Crippen molar-refractivity contribution in [2.24, 2.45) is 13.0 Å². The molecule has 0 saturated heterocycles. The minimum atomic E-state index is 0.293. The van der Waals surface area contributed by atoms with E-state index in [9.17, 15) is 0 Å². The molecule has 18 heavy (non-hydrogen) atoms. The number of ether oxygens (including phenoxy) is 1. The Labute approximate surface area is 114 Å². The van der Waals surface area contributed by atoms with E-state index in [2.05, 4.69) is 31.2 Å². The van der Waals surface area contributed by atoms with E-state index in [1.54, 1.807) is 13.3 Å². The topological polar surface area (TPSA) is 39.1 Å².